The summed E-state index contributed by atoms with van der Waals surface area (Å²) in [4.78, 5) is 9.53. The first-order valence-corrected chi connectivity index (χ1v) is 12.5. The van der Waals surface area contributed by atoms with E-state index >= 15 is 0 Å². The Hall–Kier alpha value is -3.08. The van der Waals surface area contributed by atoms with Gasteiger partial charge in [0.25, 0.3) is 0 Å². The maximum atomic E-state index is 4.85. The van der Waals surface area contributed by atoms with E-state index in [1.54, 1.807) is 0 Å². The number of amidine groups is 2. The molecule has 0 bridgehead atoms. The molecule has 5 heteroatoms. The number of rotatable bonds is 6. The predicted molar refractivity (Wildman–Crippen MR) is 135 cm³/mol. The van der Waals surface area contributed by atoms with E-state index in [-0.39, 0.29) is 6.04 Å². The molecule has 0 N–H and O–H groups in total. The minimum Gasteiger partial charge on any atom is -0.267 e. The molecular weight excluding hydrogens is 406 g/mol. The normalized spacial score (nSPS) is 21.5. The molecule has 0 aromatic heterocycles. The molecule has 3 aliphatic rings. The van der Waals surface area contributed by atoms with E-state index in [1.807, 2.05) is 29.3 Å². The van der Waals surface area contributed by atoms with Crippen LogP contribution in [0.5, 0.6) is 0 Å². The van der Waals surface area contributed by atoms with Crippen molar-refractivity contribution in [2.24, 2.45) is 20.3 Å². The molecule has 5 nitrogen and oxygen atoms in total. The number of hydrogen-bond acceptors (Lipinski definition) is 5. The molecule has 2 aliphatic heterocycles. The van der Waals surface area contributed by atoms with E-state index < -0.39 is 0 Å². The van der Waals surface area contributed by atoms with Gasteiger partial charge in [0, 0.05) is 6.54 Å². The standard InChI is InChI=1S/C28H33N5/c1-2-7-13-24(12-6-1)25-17-15-22(16-18-25)11-8-14-27-29-20-19-26-28(30-27)33(32-31-26)21-23-9-4-3-5-10-23/h3-5,8-10,14-18,24,26H,1-2,6-7,11-13,19-21H2/b14-8+. The molecule has 1 saturated carbocycles. The Morgan fingerprint density at radius 2 is 1.64 bits per heavy atom. The Balaban J connectivity index is 1.21. The average molecular weight is 440 g/mol. The van der Waals surface area contributed by atoms with Crippen LogP contribution in [0.3, 0.4) is 0 Å². The molecule has 1 atom stereocenters. The summed E-state index contributed by atoms with van der Waals surface area (Å²) in [5, 5.41) is 10.7. The Morgan fingerprint density at radius 3 is 2.42 bits per heavy atom. The third-order valence-corrected chi connectivity index (χ3v) is 6.87. The van der Waals surface area contributed by atoms with Crippen molar-refractivity contribution in [3.8, 4) is 0 Å². The lowest BCUT2D eigenvalue weighted by atomic mass is 9.91. The first-order valence-electron chi connectivity index (χ1n) is 12.5. The molecule has 0 amide bonds. The molecular formula is C28H33N5. The first kappa shape index (κ1) is 21.7. The van der Waals surface area contributed by atoms with E-state index in [1.165, 1.54) is 55.2 Å². The van der Waals surface area contributed by atoms with Crippen molar-refractivity contribution in [3.63, 3.8) is 0 Å². The molecule has 1 aliphatic carbocycles. The number of aliphatic imine (C=N–C) groups is 2. The monoisotopic (exact) mass is 439 g/mol. The summed E-state index contributed by atoms with van der Waals surface area (Å²) < 4.78 is 0. The SMILES string of the molecule is C(=C\C1=NCCC2N=NN(Cc3ccccc3)C2=N1)/Cc1ccc(C2CCCCCC2)cc1. The van der Waals surface area contributed by atoms with Gasteiger partial charge in [-0.1, -0.05) is 91.6 Å². The fourth-order valence-corrected chi connectivity index (χ4v) is 4.97. The van der Waals surface area contributed by atoms with Crippen LogP contribution in [0.25, 0.3) is 0 Å². The van der Waals surface area contributed by atoms with Crippen LogP contribution in [0.15, 0.2) is 87.1 Å². The third kappa shape index (κ3) is 5.65. The fraction of sp³-hybridized carbons (Fsp3) is 0.429. The molecule has 1 unspecified atom stereocenters. The molecule has 1 fully saturated rings. The summed E-state index contributed by atoms with van der Waals surface area (Å²) in [5.41, 5.74) is 4.05. The van der Waals surface area contributed by atoms with E-state index in [9.17, 15) is 0 Å². The van der Waals surface area contributed by atoms with Gasteiger partial charge in [-0.15, -0.1) is 0 Å². The van der Waals surface area contributed by atoms with E-state index in [2.05, 4.69) is 57.8 Å². The highest BCUT2D eigenvalue weighted by atomic mass is 15.6. The van der Waals surface area contributed by atoms with Gasteiger partial charge in [-0.2, -0.15) is 5.11 Å². The van der Waals surface area contributed by atoms with Crippen LogP contribution >= 0.6 is 0 Å². The van der Waals surface area contributed by atoms with Crippen LogP contribution in [-0.4, -0.2) is 29.3 Å². The summed E-state index contributed by atoms with van der Waals surface area (Å²) in [5.74, 6) is 2.43. The van der Waals surface area contributed by atoms with Gasteiger partial charge in [0.15, 0.2) is 5.84 Å². The van der Waals surface area contributed by atoms with Crippen LogP contribution in [-0.2, 0) is 13.0 Å². The zero-order valence-corrected chi connectivity index (χ0v) is 19.3. The molecule has 170 valence electrons. The summed E-state index contributed by atoms with van der Waals surface area (Å²) in [7, 11) is 0. The fourth-order valence-electron chi connectivity index (χ4n) is 4.97. The third-order valence-electron chi connectivity index (χ3n) is 6.87. The van der Waals surface area contributed by atoms with E-state index in [0.717, 1.165) is 37.0 Å². The van der Waals surface area contributed by atoms with Crippen LogP contribution in [0.4, 0.5) is 0 Å². The number of benzene rings is 2. The van der Waals surface area contributed by atoms with Crippen molar-refractivity contribution in [1.29, 1.82) is 0 Å². The molecule has 33 heavy (non-hydrogen) atoms. The zero-order valence-electron chi connectivity index (χ0n) is 19.3. The van der Waals surface area contributed by atoms with Crippen molar-refractivity contribution in [2.45, 2.75) is 69.9 Å². The van der Waals surface area contributed by atoms with Gasteiger partial charge in [-0.3, -0.25) is 4.99 Å². The molecule has 2 heterocycles. The van der Waals surface area contributed by atoms with Crippen molar-refractivity contribution < 1.29 is 0 Å². The van der Waals surface area contributed by atoms with Gasteiger partial charge in [0.2, 0.25) is 0 Å². The van der Waals surface area contributed by atoms with Crippen LogP contribution < -0.4 is 0 Å². The highest BCUT2D eigenvalue weighted by Gasteiger charge is 2.29. The van der Waals surface area contributed by atoms with E-state index in [0.29, 0.717) is 6.54 Å². The number of allylic oxidation sites excluding steroid dienone is 1. The number of hydrogen-bond donors (Lipinski definition) is 0. The second-order valence-corrected chi connectivity index (χ2v) is 9.30. The largest absolute Gasteiger partial charge is 0.267 e. The maximum absolute atomic E-state index is 4.85. The number of nitrogens with zero attached hydrogens (tertiary/aromatic N) is 5. The van der Waals surface area contributed by atoms with Crippen molar-refractivity contribution >= 4 is 11.7 Å². The van der Waals surface area contributed by atoms with Gasteiger partial charge in [0.1, 0.15) is 11.9 Å². The van der Waals surface area contributed by atoms with Gasteiger partial charge < -0.3 is 0 Å². The van der Waals surface area contributed by atoms with Gasteiger partial charge in [-0.05, 0) is 54.4 Å². The Kier molecular flexibility index (Phi) is 7.05. The van der Waals surface area contributed by atoms with Gasteiger partial charge >= 0.3 is 0 Å². The summed E-state index contributed by atoms with van der Waals surface area (Å²) in [6, 6.07) is 19.6. The smallest absolute Gasteiger partial charge is 0.156 e. The quantitative estimate of drug-likeness (QED) is 0.463. The lowest BCUT2D eigenvalue weighted by molar-refractivity contribution is 0.433. The van der Waals surface area contributed by atoms with Crippen molar-refractivity contribution in [1.82, 2.24) is 5.01 Å². The van der Waals surface area contributed by atoms with E-state index in [4.69, 9.17) is 4.99 Å². The Bertz CT molecular complexity index is 1030. The average Bonchev–Trinajstić information content (AvgIpc) is 3.05. The zero-order chi connectivity index (χ0) is 22.3. The predicted octanol–water partition coefficient (Wildman–Crippen LogP) is 6.68. The van der Waals surface area contributed by atoms with Gasteiger partial charge in [-0.25, -0.2) is 10.0 Å². The van der Waals surface area contributed by atoms with Gasteiger partial charge in [0.05, 0.1) is 6.54 Å². The summed E-state index contributed by atoms with van der Waals surface area (Å²) in [6.45, 7) is 1.41. The number of fused-ring (bicyclic) bond motifs is 1. The summed E-state index contributed by atoms with van der Waals surface area (Å²) in [6.07, 6.45) is 14.2. The molecule has 5 rings (SSSR count). The van der Waals surface area contributed by atoms with Crippen LogP contribution in [0.2, 0.25) is 0 Å². The molecule has 2 aromatic rings. The topological polar surface area (TPSA) is 52.7 Å². The molecule has 2 aromatic carbocycles. The second kappa shape index (κ2) is 10.7. The van der Waals surface area contributed by atoms with Crippen molar-refractivity contribution in [3.05, 3.63) is 83.4 Å². The van der Waals surface area contributed by atoms with Crippen LogP contribution in [0.1, 0.15) is 67.6 Å². The van der Waals surface area contributed by atoms with Crippen LogP contribution in [0, 0.1) is 0 Å². The lowest BCUT2D eigenvalue weighted by Crippen LogP contribution is -2.29. The lowest BCUT2D eigenvalue weighted by Gasteiger charge is -2.15. The molecule has 0 radical (unpaired) electrons. The highest BCUT2D eigenvalue weighted by molar-refractivity contribution is 6.05. The minimum absolute atomic E-state index is 0.0138. The molecule has 0 saturated heterocycles. The summed E-state index contributed by atoms with van der Waals surface area (Å²) >= 11 is 0. The Labute approximate surface area is 197 Å². The molecule has 0 spiro atoms. The highest BCUT2D eigenvalue weighted by Crippen LogP contribution is 2.31. The second-order valence-electron chi connectivity index (χ2n) is 9.30. The first-order chi connectivity index (χ1) is 16.3. The Morgan fingerprint density at radius 1 is 0.848 bits per heavy atom. The maximum Gasteiger partial charge on any atom is 0.156 e. The minimum atomic E-state index is 0.0138. The van der Waals surface area contributed by atoms with Crippen molar-refractivity contribution in [2.75, 3.05) is 6.54 Å².